The van der Waals surface area contributed by atoms with E-state index in [1.165, 1.54) is 19.4 Å². The maximum atomic E-state index is 12.2. The van der Waals surface area contributed by atoms with E-state index in [2.05, 4.69) is 15.6 Å². The van der Waals surface area contributed by atoms with Gasteiger partial charge in [0.15, 0.2) is 12.2 Å². The van der Waals surface area contributed by atoms with Crippen LogP contribution in [-0.4, -0.2) is 23.9 Å². The molecule has 0 aliphatic heterocycles. The van der Waals surface area contributed by atoms with Crippen molar-refractivity contribution in [2.45, 2.75) is 6.92 Å². The molecule has 28 heavy (non-hydrogen) atoms. The van der Waals surface area contributed by atoms with Gasteiger partial charge in [-0.3, -0.25) is 9.59 Å². The van der Waals surface area contributed by atoms with Crippen molar-refractivity contribution < 1.29 is 18.7 Å². The lowest BCUT2D eigenvalue weighted by molar-refractivity contribution is -0.114. The highest BCUT2D eigenvalue weighted by Gasteiger charge is 2.10. The molecule has 0 unspecified atom stereocenters. The Morgan fingerprint density at radius 1 is 1.07 bits per heavy atom. The number of aromatic nitrogens is 1. The van der Waals surface area contributed by atoms with Gasteiger partial charge in [0.25, 0.3) is 0 Å². The van der Waals surface area contributed by atoms with Gasteiger partial charge in [-0.25, -0.2) is 4.98 Å². The summed E-state index contributed by atoms with van der Waals surface area (Å²) >= 11 is 0. The average molecular weight is 377 g/mol. The van der Waals surface area contributed by atoms with Crippen LogP contribution < -0.4 is 15.4 Å². The lowest BCUT2D eigenvalue weighted by atomic mass is 10.1. The van der Waals surface area contributed by atoms with Crippen molar-refractivity contribution in [2.24, 2.45) is 0 Å². The number of hydrogen-bond acceptors (Lipinski definition) is 5. The number of methoxy groups -OCH3 is 1. The summed E-state index contributed by atoms with van der Waals surface area (Å²) in [7, 11) is 1.55. The monoisotopic (exact) mass is 377 g/mol. The maximum Gasteiger partial charge on any atom is 0.248 e. The standard InChI is InChI=1S/C21H19N3O4/c1-14(25)23-16-6-3-15(4-7-16)5-10-21(26)24-17-8-9-18(19(11-17)27-2)20-12-22-13-28-20/h3-13H,1-2H3,(H,23,25)(H,24,26). The average Bonchev–Trinajstić information content (AvgIpc) is 3.21. The van der Waals surface area contributed by atoms with Crippen molar-refractivity contribution in [3.63, 3.8) is 0 Å². The minimum atomic E-state index is -0.277. The molecule has 0 saturated heterocycles. The van der Waals surface area contributed by atoms with Crippen molar-refractivity contribution in [1.82, 2.24) is 4.98 Å². The number of ether oxygens (including phenoxy) is 1. The van der Waals surface area contributed by atoms with Gasteiger partial charge in [0.1, 0.15) is 5.75 Å². The summed E-state index contributed by atoms with van der Waals surface area (Å²) in [5.41, 5.74) is 2.87. The molecule has 0 aliphatic rings. The van der Waals surface area contributed by atoms with Crippen LogP contribution in [0.4, 0.5) is 11.4 Å². The van der Waals surface area contributed by atoms with Crippen molar-refractivity contribution in [2.75, 3.05) is 17.7 Å². The first-order valence-corrected chi connectivity index (χ1v) is 8.49. The number of anilines is 2. The summed E-state index contributed by atoms with van der Waals surface area (Å²) in [5, 5.41) is 5.48. The highest BCUT2D eigenvalue weighted by molar-refractivity contribution is 6.02. The van der Waals surface area contributed by atoms with E-state index in [1.807, 2.05) is 12.1 Å². The predicted molar refractivity (Wildman–Crippen MR) is 107 cm³/mol. The van der Waals surface area contributed by atoms with Gasteiger partial charge in [0, 0.05) is 30.4 Å². The van der Waals surface area contributed by atoms with Gasteiger partial charge in [-0.05, 0) is 35.9 Å². The zero-order valence-corrected chi connectivity index (χ0v) is 15.4. The summed E-state index contributed by atoms with van der Waals surface area (Å²) in [6.45, 7) is 1.45. The van der Waals surface area contributed by atoms with Crippen LogP contribution in [0.3, 0.4) is 0 Å². The first kappa shape index (κ1) is 18.9. The van der Waals surface area contributed by atoms with E-state index in [9.17, 15) is 9.59 Å². The van der Waals surface area contributed by atoms with Crippen molar-refractivity contribution >= 4 is 29.3 Å². The number of nitrogens with zero attached hydrogens (tertiary/aromatic N) is 1. The molecule has 0 bridgehead atoms. The molecule has 7 heteroatoms. The summed E-state index contributed by atoms with van der Waals surface area (Å²) in [6, 6.07) is 12.4. The van der Waals surface area contributed by atoms with Crippen LogP contribution in [0, 0.1) is 0 Å². The van der Waals surface area contributed by atoms with Gasteiger partial charge in [0.05, 0.1) is 18.9 Å². The molecule has 0 atom stereocenters. The molecule has 3 aromatic rings. The smallest absolute Gasteiger partial charge is 0.248 e. The molecule has 0 radical (unpaired) electrons. The quantitative estimate of drug-likeness (QED) is 0.634. The number of hydrogen-bond donors (Lipinski definition) is 2. The third-order valence-electron chi connectivity index (χ3n) is 3.83. The van der Waals surface area contributed by atoms with Crippen LogP contribution in [0.5, 0.6) is 5.75 Å². The van der Waals surface area contributed by atoms with E-state index in [4.69, 9.17) is 9.15 Å². The second-order valence-corrected chi connectivity index (χ2v) is 5.91. The fraction of sp³-hybridized carbons (Fsp3) is 0.0952. The van der Waals surface area contributed by atoms with Gasteiger partial charge in [-0.1, -0.05) is 12.1 Å². The summed E-state index contributed by atoms with van der Waals surface area (Å²) < 4.78 is 10.7. The van der Waals surface area contributed by atoms with Crippen LogP contribution in [0.15, 0.2) is 65.5 Å². The maximum absolute atomic E-state index is 12.2. The number of amides is 2. The largest absolute Gasteiger partial charge is 0.496 e. The number of oxazole rings is 1. The molecule has 2 aromatic carbocycles. The van der Waals surface area contributed by atoms with Gasteiger partial charge < -0.3 is 19.8 Å². The van der Waals surface area contributed by atoms with Crippen LogP contribution in [0.1, 0.15) is 12.5 Å². The fourth-order valence-corrected chi connectivity index (χ4v) is 2.56. The molecule has 3 rings (SSSR count). The molecule has 2 amide bonds. The van der Waals surface area contributed by atoms with E-state index < -0.39 is 0 Å². The third kappa shape index (κ3) is 4.85. The van der Waals surface area contributed by atoms with Crippen LogP contribution in [0.2, 0.25) is 0 Å². The van der Waals surface area contributed by atoms with E-state index in [0.29, 0.717) is 22.9 Å². The van der Waals surface area contributed by atoms with Crippen LogP contribution in [0.25, 0.3) is 17.4 Å². The fourth-order valence-electron chi connectivity index (χ4n) is 2.56. The predicted octanol–water partition coefficient (Wildman–Crippen LogP) is 3.96. The highest BCUT2D eigenvalue weighted by atomic mass is 16.5. The number of nitrogens with one attached hydrogen (secondary N) is 2. The molecule has 7 nitrogen and oxygen atoms in total. The van der Waals surface area contributed by atoms with E-state index in [0.717, 1.165) is 11.1 Å². The normalized spacial score (nSPS) is 10.6. The molecular formula is C21H19N3O4. The summed E-state index contributed by atoms with van der Waals surface area (Å²) in [4.78, 5) is 27.1. The molecule has 0 aliphatic carbocycles. The Labute approximate surface area is 162 Å². The number of carbonyl (C=O) groups excluding carboxylic acids is 2. The molecule has 0 fully saturated rings. The first-order chi connectivity index (χ1) is 13.5. The highest BCUT2D eigenvalue weighted by Crippen LogP contribution is 2.32. The lowest BCUT2D eigenvalue weighted by Gasteiger charge is -2.09. The van der Waals surface area contributed by atoms with E-state index in [-0.39, 0.29) is 11.8 Å². The Kier molecular flexibility index (Phi) is 5.86. The van der Waals surface area contributed by atoms with Gasteiger partial charge in [-0.15, -0.1) is 0 Å². The van der Waals surface area contributed by atoms with Crippen molar-refractivity contribution in [1.29, 1.82) is 0 Å². The zero-order valence-electron chi connectivity index (χ0n) is 15.4. The molecule has 142 valence electrons. The lowest BCUT2D eigenvalue weighted by Crippen LogP contribution is -2.08. The third-order valence-corrected chi connectivity index (χ3v) is 3.83. The number of carbonyl (C=O) groups is 2. The van der Waals surface area contributed by atoms with E-state index in [1.54, 1.807) is 49.7 Å². The van der Waals surface area contributed by atoms with Gasteiger partial charge in [0.2, 0.25) is 11.8 Å². The molecule has 1 aromatic heterocycles. The van der Waals surface area contributed by atoms with Gasteiger partial charge >= 0.3 is 0 Å². The van der Waals surface area contributed by atoms with Crippen molar-refractivity contribution in [3.05, 3.63) is 66.7 Å². The second kappa shape index (κ2) is 8.68. The Morgan fingerprint density at radius 3 is 2.46 bits per heavy atom. The minimum Gasteiger partial charge on any atom is -0.496 e. The summed E-state index contributed by atoms with van der Waals surface area (Å²) in [6.07, 6.45) is 6.06. The topological polar surface area (TPSA) is 93.5 Å². The second-order valence-electron chi connectivity index (χ2n) is 5.91. The Hall–Kier alpha value is -3.87. The molecule has 2 N–H and O–H groups in total. The Morgan fingerprint density at radius 2 is 1.82 bits per heavy atom. The number of rotatable bonds is 6. The van der Waals surface area contributed by atoms with E-state index >= 15 is 0 Å². The molecule has 0 saturated carbocycles. The van der Waals surface area contributed by atoms with Crippen LogP contribution in [-0.2, 0) is 9.59 Å². The molecule has 0 spiro atoms. The number of benzene rings is 2. The van der Waals surface area contributed by atoms with Gasteiger partial charge in [-0.2, -0.15) is 0 Å². The first-order valence-electron chi connectivity index (χ1n) is 8.49. The van der Waals surface area contributed by atoms with Crippen LogP contribution >= 0.6 is 0 Å². The Bertz CT molecular complexity index is 993. The molecule has 1 heterocycles. The minimum absolute atomic E-state index is 0.132. The summed E-state index contributed by atoms with van der Waals surface area (Å²) in [5.74, 6) is 0.734. The van der Waals surface area contributed by atoms with Crippen molar-refractivity contribution in [3.8, 4) is 17.1 Å². The zero-order chi connectivity index (χ0) is 19.9. The SMILES string of the molecule is COc1cc(NC(=O)C=Cc2ccc(NC(C)=O)cc2)ccc1-c1cnco1. The Balaban J connectivity index is 1.66. The molecular weight excluding hydrogens is 358 g/mol.